The van der Waals surface area contributed by atoms with Gasteiger partial charge in [0.2, 0.25) is 5.91 Å². The quantitative estimate of drug-likeness (QED) is 0.412. The third kappa shape index (κ3) is 6.26. The molecule has 5 nitrogen and oxygen atoms in total. The van der Waals surface area contributed by atoms with Gasteiger partial charge in [0.25, 0.3) is 5.91 Å². The van der Waals surface area contributed by atoms with Gasteiger partial charge in [-0.15, -0.1) is 0 Å². The highest BCUT2D eigenvalue weighted by Crippen LogP contribution is 2.22. The first kappa shape index (κ1) is 18.2. The molecule has 0 saturated carbocycles. The lowest BCUT2D eigenvalue weighted by atomic mass is 9.87. The molecule has 3 N–H and O–H groups in total. The highest BCUT2D eigenvalue weighted by atomic mass is 16.5. The molecule has 0 fully saturated rings. The number of amides is 2. The first-order chi connectivity index (χ1) is 10.3. The third-order valence-corrected chi connectivity index (χ3v) is 3.50. The molecular weight excluding hydrogens is 280 g/mol. The molecule has 2 amide bonds. The van der Waals surface area contributed by atoms with E-state index in [1.165, 1.54) is 5.56 Å². The summed E-state index contributed by atoms with van der Waals surface area (Å²) in [4.78, 5) is 22.8. The largest absolute Gasteiger partial charge is 0.352 e. The van der Waals surface area contributed by atoms with Crippen LogP contribution in [-0.4, -0.2) is 23.6 Å². The van der Waals surface area contributed by atoms with E-state index >= 15 is 0 Å². The minimum atomic E-state index is -0.372. The molecule has 0 atom stereocenters. The van der Waals surface area contributed by atoms with Crippen molar-refractivity contribution in [1.82, 2.24) is 10.8 Å². The van der Waals surface area contributed by atoms with Crippen LogP contribution >= 0.6 is 0 Å². The predicted octanol–water partition coefficient (Wildman–Crippen LogP) is 2.78. The fourth-order valence-corrected chi connectivity index (χ4v) is 2.07. The van der Waals surface area contributed by atoms with E-state index in [0.29, 0.717) is 24.9 Å². The molecular formula is C17H26N2O3. The molecule has 1 aromatic carbocycles. The predicted molar refractivity (Wildman–Crippen MR) is 85.9 cm³/mol. The van der Waals surface area contributed by atoms with Gasteiger partial charge in [0.05, 0.1) is 0 Å². The Balaban J connectivity index is 2.29. The summed E-state index contributed by atoms with van der Waals surface area (Å²) in [5.74, 6) is -0.448. The van der Waals surface area contributed by atoms with E-state index in [-0.39, 0.29) is 17.2 Å². The third-order valence-electron chi connectivity index (χ3n) is 3.50. The molecule has 1 rings (SSSR count). The average Bonchev–Trinajstić information content (AvgIpc) is 2.49. The van der Waals surface area contributed by atoms with Crippen LogP contribution in [0.15, 0.2) is 24.3 Å². The molecule has 0 heterocycles. The Bertz CT molecular complexity index is 490. The summed E-state index contributed by atoms with van der Waals surface area (Å²) in [6.45, 7) is 7.00. The van der Waals surface area contributed by atoms with Crippen molar-refractivity contribution in [2.24, 2.45) is 0 Å². The highest BCUT2D eigenvalue weighted by Gasteiger charge is 2.14. The van der Waals surface area contributed by atoms with Crippen LogP contribution in [0.3, 0.4) is 0 Å². The second-order valence-electron chi connectivity index (χ2n) is 6.43. The van der Waals surface area contributed by atoms with Crippen molar-refractivity contribution in [1.29, 1.82) is 0 Å². The van der Waals surface area contributed by atoms with Crippen LogP contribution in [-0.2, 0) is 10.2 Å². The fraction of sp³-hybridized carbons (Fsp3) is 0.529. The Hall–Kier alpha value is -1.88. The maximum absolute atomic E-state index is 12.0. The Labute approximate surface area is 132 Å². The Morgan fingerprint density at radius 2 is 1.68 bits per heavy atom. The lowest BCUT2D eigenvalue weighted by molar-refractivity contribution is -0.129. The van der Waals surface area contributed by atoms with Gasteiger partial charge >= 0.3 is 0 Å². The number of hydrogen-bond donors (Lipinski definition) is 3. The summed E-state index contributed by atoms with van der Waals surface area (Å²) in [5, 5.41) is 11.2. The second kappa shape index (κ2) is 8.54. The Kier molecular flexibility index (Phi) is 7.05. The van der Waals surface area contributed by atoms with Crippen LogP contribution < -0.4 is 10.8 Å². The van der Waals surface area contributed by atoms with Gasteiger partial charge in [-0.3, -0.25) is 14.8 Å². The molecule has 0 bridgehead atoms. The van der Waals surface area contributed by atoms with Crippen LogP contribution in [0.2, 0.25) is 0 Å². The van der Waals surface area contributed by atoms with Gasteiger partial charge in [0, 0.05) is 18.5 Å². The maximum atomic E-state index is 12.0. The number of carbonyl (C=O) groups excluding carboxylic acids is 2. The lowest BCUT2D eigenvalue weighted by Gasteiger charge is -2.19. The van der Waals surface area contributed by atoms with E-state index in [2.05, 4.69) is 26.1 Å². The van der Waals surface area contributed by atoms with Crippen molar-refractivity contribution in [3.8, 4) is 0 Å². The molecule has 0 aliphatic carbocycles. The number of hydroxylamine groups is 1. The summed E-state index contributed by atoms with van der Waals surface area (Å²) in [6.07, 6.45) is 2.64. The van der Waals surface area contributed by atoms with Crippen LogP contribution in [0.4, 0.5) is 0 Å². The molecule has 122 valence electrons. The first-order valence-corrected chi connectivity index (χ1v) is 7.66. The van der Waals surface area contributed by atoms with E-state index < -0.39 is 0 Å². The summed E-state index contributed by atoms with van der Waals surface area (Å²) >= 11 is 0. The molecule has 0 aliphatic heterocycles. The minimum Gasteiger partial charge on any atom is -0.352 e. The van der Waals surface area contributed by atoms with Crippen molar-refractivity contribution in [3.63, 3.8) is 0 Å². The SMILES string of the molecule is CC(C)(C)c1ccc(C(=O)NCCCCCC(=O)NO)cc1. The van der Waals surface area contributed by atoms with Gasteiger partial charge in [-0.05, 0) is 36.0 Å². The van der Waals surface area contributed by atoms with E-state index in [9.17, 15) is 9.59 Å². The molecule has 0 aliphatic rings. The first-order valence-electron chi connectivity index (χ1n) is 7.66. The number of nitrogens with one attached hydrogen (secondary N) is 2. The van der Waals surface area contributed by atoms with Crippen LogP contribution in [0.5, 0.6) is 0 Å². The van der Waals surface area contributed by atoms with Gasteiger partial charge < -0.3 is 5.32 Å². The van der Waals surface area contributed by atoms with Crippen LogP contribution in [0.25, 0.3) is 0 Å². The average molecular weight is 306 g/mol. The fourth-order valence-electron chi connectivity index (χ4n) is 2.07. The van der Waals surface area contributed by atoms with E-state index in [4.69, 9.17) is 5.21 Å². The van der Waals surface area contributed by atoms with Crippen molar-refractivity contribution in [2.75, 3.05) is 6.54 Å². The highest BCUT2D eigenvalue weighted by molar-refractivity contribution is 5.94. The van der Waals surface area contributed by atoms with Gasteiger partial charge in [-0.25, -0.2) is 5.48 Å². The number of unbranched alkanes of at least 4 members (excludes halogenated alkanes) is 2. The Morgan fingerprint density at radius 3 is 2.23 bits per heavy atom. The smallest absolute Gasteiger partial charge is 0.251 e. The summed E-state index contributed by atoms with van der Waals surface area (Å²) in [6, 6.07) is 7.67. The number of benzene rings is 1. The van der Waals surface area contributed by atoms with Gasteiger partial charge in [-0.1, -0.05) is 39.3 Å². The number of rotatable bonds is 7. The normalized spacial score (nSPS) is 11.1. The molecule has 0 aromatic heterocycles. The van der Waals surface area contributed by atoms with Crippen molar-refractivity contribution in [3.05, 3.63) is 35.4 Å². The number of carbonyl (C=O) groups is 2. The van der Waals surface area contributed by atoms with Crippen LogP contribution in [0.1, 0.15) is 62.4 Å². The van der Waals surface area contributed by atoms with Gasteiger partial charge in [0.15, 0.2) is 0 Å². The molecule has 0 radical (unpaired) electrons. The van der Waals surface area contributed by atoms with E-state index in [1.54, 1.807) is 5.48 Å². The maximum Gasteiger partial charge on any atom is 0.251 e. The zero-order valence-electron chi connectivity index (χ0n) is 13.6. The van der Waals surface area contributed by atoms with E-state index in [1.807, 2.05) is 24.3 Å². The van der Waals surface area contributed by atoms with Crippen molar-refractivity contribution >= 4 is 11.8 Å². The van der Waals surface area contributed by atoms with Crippen LogP contribution in [0, 0.1) is 0 Å². The second-order valence-corrected chi connectivity index (χ2v) is 6.43. The van der Waals surface area contributed by atoms with Gasteiger partial charge in [0.1, 0.15) is 0 Å². The van der Waals surface area contributed by atoms with Crippen molar-refractivity contribution < 1.29 is 14.8 Å². The molecule has 5 heteroatoms. The van der Waals surface area contributed by atoms with Gasteiger partial charge in [-0.2, -0.15) is 0 Å². The lowest BCUT2D eigenvalue weighted by Crippen LogP contribution is -2.24. The van der Waals surface area contributed by atoms with Crippen molar-refractivity contribution in [2.45, 2.75) is 51.9 Å². The molecule has 0 saturated heterocycles. The summed E-state index contributed by atoms with van der Waals surface area (Å²) < 4.78 is 0. The molecule has 0 spiro atoms. The summed E-state index contributed by atoms with van der Waals surface area (Å²) in [7, 11) is 0. The number of hydrogen-bond acceptors (Lipinski definition) is 3. The minimum absolute atomic E-state index is 0.0754. The zero-order chi connectivity index (χ0) is 16.6. The monoisotopic (exact) mass is 306 g/mol. The molecule has 22 heavy (non-hydrogen) atoms. The van der Waals surface area contributed by atoms with E-state index in [0.717, 1.165) is 12.8 Å². The molecule has 0 unspecified atom stereocenters. The zero-order valence-corrected chi connectivity index (χ0v) is 13.6. The topological polar surface area (TPSA) is 78.4 Å². The Morgan fingerprint density at radius 1 is 1.05 bits per heavy atom. The standard InChI is InChI=1S/C17H26N2O3/c1-17(2,3)14-10-8-13(9-11-14)16(21)18-12-6-4-5-7-15(20)19-22/h8-11,22H,4-7,12H2,1-3H3,(H,18,21)(H,19,20). The summed E-state index contributed by atoms with van der Waals surface area (Å²) in [5.41, 5.74) is 3.54. The molecule has 1 aromatic rings.